The average Bonchev–Trinajstić information content (AvgIpc) is 3.07. The number of aliphatic imine (C=N–C) groups is 1. The van der Waals surface area contributed by atoms with E-state index in [-0.39, 0.29) is 0 Å². The standard InChI is InChI=1S/C25H20N2/c1-17-14-22-21-12-5-6-13-23(21)27-25(22)16-24(17)26-20-11-7-10-19(15-20)18-8-3-2-4-9-18/h2-10,12-16,27H,11H2,1H3. The summed E-state index contributed by atoms with van der Waals surface area (Å²) in [6.07, 6.45) is 7.44. The molecule has 0 fully saturated rings. The molecule has 1 aromatic heterocycles. The fraction of sp³-hybridized carbons (Fsp3) is 0.0800. The largest absolute Gasteiger partial charge is 0.354 e. The molecular weight excluding hydrogens is 328 g/mol. The second-order valence-electron chi connectivity index (χ2n) is 7.03. The number of aryl methyl sites for hydroxylation is 1. The molecule has 1 aliphatic rings. The molecule has 3 aromatic carbocycles. The molecule has 0 saturated heterocycles. The van der Waals surface area contributed by atoms with Gasteiger partial charge in [0.15, 0.2) is 0 Å². The van der Waals surface area contributed by atoms with Gasteiger partial charge in [-0.15, -0.1) is 0 Å². The molecule has 0 amide bonds. The molecule has 1 heterocycles. The van der Waals surface area contributed by atoms with Crippen molar-refractivity contribution in [2.75, 3.05) is 0 Å². The minimum absolute atomic E-state index is 0.862. The summed E-state index contributed by atoms with van der Waals surface area (Å²) in [4.78, 5) is 8.50. The van der Waals surface area contributed by atoms with Crippen LogP contribution in [0.2, 0.25) is 0 Å². The molecule has 0 saturated carbocycles. The summed E-state index contributed by atoms with van der Waals surface area (Å²) in [5.74, 6) is 0. The lowest BCUT2D eigenvalue weighted by atomic mass is 9.98. The minimum Gasteiger partial charge on any atom is -0.354 e. The predicted octanol–water partition coefficient (Wildman–Crippen LogP) is 6.75. The van der Waals surface area contributed by atoms with Crippen LogP contribution in [0, 0.1) is 6.92 Å². The van der Waals surface area contributed by atoms with Gasteiger partial charge < -0.3 is 4.98 Å². The zero-order valence-corrected chi connectivity index (χ0v) is 15.2. The highest BCUT2D eigenvalue weighted by molar-refractivity contribution is 6.10. The number of rotatable bonds is 2. The van der Waals surface area contributed by atoms with Crippen LogP contribution in [0.15, 0.2) is 90.0 Å². The van der Waals surface area contributed by atoms with Crippen LogP contribution in [0.3, 0.4) is 0 Å². The Hall–Kier alpha value is -3.39. The second-order valence-corrected chi connectivity index (χ2v) is 7.03. The molecule has 130 valence electrons. The van der Waals surface area contributed by atoms with Crippen LogP contribution < -0.4 is 0 Å². The van der Waals surface area contributed by atoms with Gasteiger partial charge in [0.2, 0.25) is 0 Å². The number of H-pyrrole nitrogens is 1. The second kappa shape index (κ2) is 6.40. The molecular formula is C25H20N2. The molecule has 1 N–H and O–H groups in total. The molecule has 0 spiro atoms. The molecule has 27 heavy (non-hydrogen) atoms. The number of hydrogen-bond donors (Lipinski definition) is 1. The molecule has 0 atom stereocenters. The highest BCUT2D eigenvalue weighted by Gasteiger charge is 2.09. The summed E-state index contributed by atoms with van der Waals surface area (Å²) in [5.41, 5.74) is 8.07. The molecule has 0 bridgehead atoms. The van der Waals surface area contributed by atoms with Crippen LogP contribution in [0.1, 0.15) is 17.5 Å². The molecule has 2 nitrogen and oxygen atoms in total. The van der Waals surface area contributed by atoms with Crippen LogP contribution >= 0.6 is 0 Å². The summed E-state index contributed by atoms with van der Waals surface area (Å²) in [5, 5.41) is 2.53. The van der Waals surface area contributed by atoms with Gasteiger partial charge >= 0.3 is 0 Å². The number of para-hydroxylation sites is 1. The molecule has 0 radical (unpaired) electrons. The zero-order chi connectivity index (χ0) is 18.2. The quantitative estimate of drug-likeness (QED) is 0.415. The Morgan fingerprint density at radius 3 is 2.56 bits per heavy atom. The van der Waals surface area contributed by atoms with Crippen LogP contribution in [-0.2, 0) is 0 Å². The van der Waals surface area contributed by atoms with Crippen molar-refractivity contribution >= 4 is 38.8 Å². The van der Waals surface area contributed by atoms with Gasteiger partial charge in [0.25, 0.3) is 0 Å². The van der Waals surface area contributed by atoms with E-state index in [1.807, 2.05) is 6.07 Å². The number of aromatic nitrogens is 1. The van der Waals surface area contributed by atoms with Gasteiger partial charge in [0.1, 0.15) is 0 Å². The third kappa shape index (κ3) is 2.89. The van der Waals surface area contributed by atoms with Crippen molar-refractivity contribution in [1.82, 2.24) is 4.98 Å². The zero-order valence-electron chi connectivity index (χ0n) is 15.2. The Morgan fingerprint density at radius 1 is 0.852 bits per heavy atom. The van der Waals surface area contributed by atoms with E-state index >= 15 is 0 Å². The van der Waals surface area contributed by atoms with E-state index in [9.17, 15) is 0 Å². The number of allylic oxidation sites excluding steroid dienone is 4. The van der Waals surface area contributed by atoms with E-state index in [0.717, 1.165) is 23.3 Å². The monoisotopic (exact) mass is 348 g/mol. The van der Waals surface area contributed by atoms with Gasteiger partial charge in [-0.25, -0.2) is 0 Å². The summed E-state index contributed by atoms with van der Waals surface area (Å²) in [7, 11) is 0. The number of benzene rings is 3. The van der Waals surface area contributed by atoms with Crippen LogP contribution in [0.4, 0.5) is 5.69 Å². The maximum atomic E-state index is 4.98. The minimum atomic E-state index is 0.862. The lowest BCUT2D eigenvalue weighted by molar-refractivity contribution is 1.36. The topological polar surface area (TPSA) is 28.1 Å². The van der Waals surface area contributed by atoms with Crippen molar-refractivity contribution in [2.45, 2.75) is 13.3 Å². The van der Waals surface area contributed by atoms with Crippen molar-refractivity contribution in [3.8, 4) is 0 Å². The lowest BCUT2D eigenvalue weighted by Gasteiger charge is -2.10. The fourth-order valence-corrected chi connectivity index (χ4v) is 3.75. The summed E-state index contributed by atoms with van der Waals surface area (Å²) < 4.78 is 0. The van der Waals surface area contributed by atoms with Crippen molar-refractivity contribution in [1.29, 1.82) is 0 Å². The van der Waals surface area contributed by atoms with Crippen molar-refractivity contribution in [3.63, 3.8) is 0 Å². The average molecular weight is 348 g/mol. The highest BCUT2D eigenvalue weighted by atomic mass is 14.8. The van der Waals surface area contributed by atoms with Gasteiger partial charge in [0, 0.05) is 33.9 Å². The normalized spacial score (nSPS) is 15.6. The maximum Gasteiger partial charge on any atom is 0.0683 e. The number of nitrogens with zero attached hydrogens (tertiary/aromatic N) is 1. The smallest absolute Gasteiger partial charge is 0.0683 e. The van der Waals surface area contributed by atoms with Crippen molar-refractivity contribution in [3.05, 3.63) is 96.1 Å². The number of nitrogens with one attached hydrogen (secondary N) is 1. The Bertz CT molecular complexity index is 1240. The van der Waals surface area contributed by atoms with Crippen molar-refractivity contribution < 1.29 is 0 Å². The molecule has 0 aliphatic heterocycles. The maximum absolute atomic E-state index is 4.98. The first-order chi connectivity index (χ1) is 13.3. The van der Waals surface area contributed by atoms with E-state index in [1.165, 1.54) is 33.0 Å². The highest BCUT2D eigenvalue weighted by Crippen LogP contribution is 2.32. The molecule has 4 aromatic rings. The number of fused-ring (bicyclic) bond motifs is 3. The Balaban J connectivity index is 1.59. The van der Waals surface area contributed by atoms with Gasteiger partial charge in [0.05, 0.1) is 5.69 Å². The molecule has 1 aliphatic carbocycles. The number of hydrogen-bond acceptors (Lipinski definition) is 1. The molecule has 2 heteroatoms. The first-order valence-corrected chi connectivity index (χ1v) is 9.30. The van der Waals surface area contributed by atoms with E-state index in [2.05, 4.69) is 90.8 Å². The Labute approximate surface area is 158 Å². The van der Waals surface area contributed by atoms with E-state index < -0.39 is 0 Å². The first-order valence-electron chi connectivity index (χ1n) is 9.30. The lowest BCUT2D eigenvalue weighted by Crippen LogP contribution is -1.98. The van der Waals surface area contributed by atoms with Gasteiger partial charge in [-0.2, -0.15) is 0 Å². The number of aromatic amines is 1. The Kier molecular flexibility index (Phi) is 3.75. The fourth-order valence-electron chi connectivity index (χ4n) is 3.75. The van der Waals surface area contributed by atoms with Gasteiger partial charge in [-0.3, -0.25) is 4.99 Å². The third-order valence-electron chi connectivity index (χ3n) is 5.14. The van der Waals surface area contributed by atoms with E-state index in [1.54, 1.807) is 0 Å². The van der Waals surface area contributed by atoms with E-state index in [4.69, 9.17) is 4.99 Å². The molecule has 0 unspecified atom stereocenters. The van der Waals surface area contributed by atoms with Gasteiger partial charge in [-0.1, -0.05) is 60.7 Å². The molecule has 5 rings (SSSR count). The summed E-state index contributed by atoms with van der Waals surface area (Å²) in [6.45, 7) is 2.14. The first kappa shape index (κ1) is 15.8. The SMILES string of the molecule is Cc1cc2c(cc1N=C1C=C(c3ccccc3)C=CC1)[nH]c1ccccc12. The van der Waals surface area contributed by atoms with E-state index in [0.29, 0.717) is 0 Å². The Morgan fingerprint density at radius 2 is 1.67 bits per heavy atom. The summed E-state index contributed by atoms with van der Waals surface area (Å²) >= 11 is 0. The van der Waals surface area contributed by atoms with Gasteiger partial charge in [-0.05, 0) is 47.9 Å². The summed E-state index contributed by atoms with van der Waals surface area (Å²) in [6, 6.07) is 23.3. The van der Waals surface area contributed by atoms with Crippen LogP contribution in [-0.4, -0.2) is 10.7 Å². The van der Waals surface area contributed by atoms with Crippen LogP contribution in [0.25, 0.3) is 27.4 Å². The predicted molar refractivity (Wildman–Crippen MR) is 116 cm³/mol. The van der Waals surface area contributed by atoms with Crippen LogP contribution in [0.5, 0.6) is 0 Å². The van der Waals surface area contributed by atoms with Crippen molar-refractivity contribution in [2.24, 2.45) is 4.99 Å². The third-order valence-corrected chi connectivity index (χ3v) is 5.14.